The van der Waals surface area contributed by atoms with Crippen LogP contribution in [0.5, 0.6) is 17.4 Å². The van der Waals surface area contributed by atoms with Crippen molar-refractivity contribution in [3.63, 3.8) is 0 Å². The zero-order chi connectivity index (χ0) is 19.7. The first-order valence-electron chi connectivity index (χ1n) is 9.26. The van der Waals surface area contributed by atoms with Gasteiger partial charge >= 0.3 is 0 Å². The summed E-state index contributed by atoms with van der Waals surface area (Å²) in [6.07, 6.45) is 0.749. The third kappa shape index (κ3) is 3.85. The van der Waals surface area contributed by atoms with E-state index in [4.69, 9.17) is 19.5 Å². The number of likely N-dealkylation sites (tertiary alicyclic amines) is 1. The molecule has 2 atom stereocenters. The van der Waals surface area contributed by atoms with E-state index in [0.717, 1.165) is 12.1 Å². The molecule has 0 amide bonds. The predicted octanol–water partition coefficient (Wildman–Crippen LogP) is 2.61. The van der Waals surface area contributed by atoms with Crippen molar-refractivity contribution in [2.24, 2.45) is 0 Å². The SMILES string of the molecule is Cc1cc(O[C@@H]2C[C@H](C)N(Cc3nc4c(cc3F)OCCO4)C2)cc(C#N)n1. The fourth-order valence-electron chi connectivity index (χ4n) is 3.60. The maximum atomic E-state index is 14.4. The van der Waals surface area contributed by atoms with Crippen molar-refractivity contribution in [2.75, 3.05) is 19.8 Å². The Labute approximate surface area is 162 Å². The molecule has 0 saturated carbocycles. The smallest absolute Gasteiger partial charge is 0.257 e. The van der Waals surface area contributed by atoms with Gasteiger partial charge in [0.1, 0.15) is 42.6 Å². The quantitative estimate of drug-likeness (QED) is 0.801. The molecule has 146 valence electrons. The molecular formula is C20H21FN4O3. The number of pyridine rings is 2. The second-order valence-electron chi connectivity index (χ2n) is 7.11. The fourth-order valence-corrected chi connectivity index (χ4v) is 3.60. The lowest BCUT2D eigenvalue weighted by Crippen LogP contribution is -2.29. The van der Waals surface area contributed by atoms with E-state index in [1.165, 1.54) is 6.07 Å². The maximum Gasteiger partial charge on any atom is 0.257 e. The van der Waals surface area contributed by atoms with Crippen LogP contribution in [-0.4, -0.2) is 46.8 Å². The molecule has 1 saturated heterocycles. The number of ether oxygens (including phenoxy) is 3. The van der Waals surface area contributed by atoms with Gasteiger partial charge in [-0.25, -0.2) is 14.4 Å². The zero-order valence-electron chi connectivity index (χ0n) is 15.8. The van der Waals surface area contributed by atoms with E-state index in [0.29, 0.717) is 55.1 Å². The van der Waals surface area contributed by atoms with Crippen LogP contribution >= 0.6 is 0 Å². The van der Waals surface area contributed by atoms with Gasteiger partial charge in [0.25, 0.3) is 5.88 Å². The highest BCUT2D eigenvalue weighted by Crippen LogP contribution is 2.31. The van der Waals surface area contributed by atoms with Crippen LogP contribution in [0.3, 0.4) is 0 Å². The van der Waals surface area contributed by atoms with Crippen molar-refractivity contribution in [3.8, 4) is 23.4 Å². The Morgan fingerprint density at radius 2 is 2.11 bits per heavy atom. The Hall–Kier alpha value is -2.92. The summed E-state index contributed by atoms with van der Waals surface area (Å²) in [7, 11) is 0. The standard InChI is InChI=1S/C20H21FN4O3/c1-12-5-15(7-14(9-22)23-12)28-16-6-13(2)25(10-16)11-18-17(21)8-19-20(24-18)27-4-3-26-19/h5,7-8,13,16H,3-4,6,10-11H2,1-2H3/t13-,16+/m0/s1. The van der Waals surface area contributed by atoms with Gasteiger partial charge in [0.2, 0.25) is 0 Å². The Balaban J connectivity index is 1.45. The minimum atomic E-state index is -0.399. The summed E-state index contributed by atoms with van der Waals surface area (Å²) in [6, 6.07) is 7.05. The first-order valence-corrected chi connectivity index (χ1v) is 9.26. The normalized spacial score (nSPS) is 21.4. The lowest BCUT2D eigenvalue weighted by molar-refractivity contribution is 0.160. The number of halogens is 1. The summed E-state index contributed by atoms with van der Waals surface area (Å²) >= 11 is 0. The third-order valence-corrected chi connectivity index (χ3v) is 4.92. The topological polar surface area (TPSA) is 80.5 Å². The van der Waals surface area contributed by atoms with Gasteiger partial charge in [0.05, 0.1) is 5.69 Å². The maximum absolute atomic E-state index is 14.4. The average Bonchev–Trinajstić information content (AvgIpc) is 3.00. The summed E-state index contributed by atoms with van der Waals surface area (Å²) in [4.78, 5) is 10.6. The van der Waals surface area contributed by atoms with Crippen molar-refractivity contribution in [2.45, 2.75) is 39.0 Å². The van der Waals surface area contributed by atoms with Gasteiger partial charge < -0.3 is 14.2 Å². The first-order chi connectivity index (χ1) is 13.5. The van der Waals surface area contributed by atoms with Crippen molar-refractivity contribution >= 4 is 0 Å². The summed E-state index contributed by atoms with van der Waals surface area (Å²) in [5, 5.41) is 9.07. The number of hydrogen-bond donors (Lipinski definition) is 0. The van der Waals surface area contributed by atoms with Crippen LogP contribution < -0.4 is 14.2 Å². The molecule has 0 spiro atoms. The van der Waals surface area contributed by atoms with Gasteiger partial charge in [-0.05, 0) is 13.8 Å². The Kier molecular flexibility index (Phi) is 5.01. The number of fused-ring (bicyclic) bond motifs is 1. The molecule has 0 unspecified atom stereocenters. The molecule has 0 N–H and O–H groups in total. The molecule has 0 radical (unpaired) electrons. The van der Waals surface area contributed by atoms with Gasteiger partial charge in [-0.3, -0.25) is 4.90 Å². The summed E-state index contributed by atoms with van der Waals surface area (Å²) < 4.78 is 31.3. The highest BCUT2D eigenvalue weighted by molar-refractivity contribution is 5.37. The molecule has 2 aromatic rings. The van der Waals surface area contributed by atoms with Gasteiger partial charge in [-0.15, -0.1) is 0 Å². The van der Waals surface area contributed by atoms with Crippen molar-refractivity contribution < 1.29 is 18.6 Å². The highest BCUT2D eigenvalue weighted by Gasteiger charge is 2.32. The second-order valence-corrected chi connectivity index (χ2v) is 7.11. The van der Waals surface area contributed by atoms with Crippen LogP contribution in [0.4, 0.5) is 4.39 Å². The Morgan fingerprint density at radius 3 is 2.93 bits per heavy atom. The number of aromatic nitrogens is 2. The molecule has 0 bridgehead atoms. The molecule has 8 heteroatoms. The van der Waals surface area contributed by atoms with E-state index in [2.05, 4.69) is 21.8 Å². The predicted molar refractivity (Wildman–Crippen MR) is 97.8 cm³/mol. The monoisotopic (exact) mass is 384 g/mol. The van der Waals surface area contributed by atoms with Crippen LogP contribution in [0.15, 0.2) is 18.2 Å². The lowest BCUT2D eigenvalue weighted by Gasteiger charge is -2.22. The first kappa shape index (κ1) is 18.4. The summed E-state index contributed by atoms with van der Waals surface area (Å²) in [6.45, 7) is 5.72. The van der Waals surface area contributed by atoms with E-state index in [1.54, 1.807) is 6.07 Å². The second kappa shape index (κ2) is 7.60. The third-order valence-electron chi connectivity index (χ3n) is 4.92. The van der Waals surface area contributed by atoms with Crippen LogP contribution in [0, 0.1) is 24.1 Å². The van der Waals surface area contributed by atoms with Gasteiger partial charge in [-0.2, -0.15) is 5.26 Å². The van der Waals surface area contributed by atoms with E-state index < -0.39 is 5.82 Å². The summed E-state index contributed by atoms with van der Waals surface area (Å²) in [5.74, 6) is 0.930. The van der Waals surface area contributed by atoms with Crippen LogP contribution in [-0.2, 0) is 6.54 Å². The Bertz CT molecular complexity index is 930. The van der Waals surface area contributed by atoms with Crippen LogP contribution in [0.2, 0.25) is 0 Å². The molecule has 2 aliphatic rings. The Morgan fingerprint density at radius 1 is 1.29 bits per heavy atom. The molecule has 1 fully saturated rings. The number of hydrogen-bond acceptors (Lipinski definition) is 7. The highest BCUT2D eigenvalue weighted by atomic mass is 19.1. The molecule has 28 heavy (non-hydrogen) atoms. The molecule has 0 aliphatic carbocycles. The molecule has 4 rings (SSSR count). The van der Waals surface area contributed by atoms with E-state index in [-0.39, 0.29) is 12.1 Å². The molecule has 2 aliphatic heterocycles. The summed E-state index contributed by atoms with van der Waals surface area (Å²) in [5.41, 5.74) is 1.41. The van der Waals surface area contributed by atoms with Gasteiger partial charge in [-0.1, -0.05) is 0 Å². The van der Waals surface area contributed by atoms with Crippen molar-refractivity contribution in [3.05, 3.63) is 41.1 Å². The van der Waals surface area contributed by atoms with Crippen LogP contribution in [0.1, 0.15) is 30.4 Å². The zero-order valence-corrected chi connectivity index (χ0v) is 15.8. The molecule has 7 nitrogen and oxygen atoms in total. The minimum absolute atomic E-state index is 0.0522. The van der Waals surface area contributed by atoms with E-state index in [1.807, 2.05) is 19.1 Å². The lowest BCUT2D eigenvalue weighted by atomic mass is 10.2. The molecular weight excluding hydrogens is 363 g/mol. The molecule has 0 aromatic carbocycles. The number of rotatable bonds is 4. The minimum Gasteiger partial charge on any atom is -0.489 e. The fraction of sp³-hybridized carbons (Fsp3) is 0.450. The van der Waals surface area contributed by atoms with E-state index in [9.17, 15) is 4.39 Å². The number of aryl methyl sites for hydroxylation is 1. The largest absolute Gasteiger partial charge is 0.489 e. The van der Waals surface area contributed by atoms with Gasteiger partial charge in [0, 0.05) is 49.4 Å². The van der Waals surface area contributed by atoms with E-state index >= 15 is 0 Å². The molecule has 2 aromatic heterocycles. The van der Waals surface area contributed by atoms with Gasteiger partial charge in [0.15, 0.2) is 5.75 Å². The van der Waals surface area contributed by atoms with Crippen LogP contribution in [0.25, 0.3) is 0 Å². The van der Waals surface area contributed by atoms with Crippen molar-refractivity contribution in [1.82, 2.24) is 14.9 Å². The van der Waals surface area contributed by atoms with Crippen molar-refractivity contribution in [1.29, 1.82) is 5.26 Å². The average molecular weight is 384 g/mol. The molecule has 4 heterocycles. The number of nitriles is 1. The number of nitrogens with zero attached hydrogens (tertiary/aromatic N) is 4.